The van der Waals surface area contributed by atoms with Gasteiger partial charge in [0.25, 0.3) is 0 Å². The van der Waals surface area contributed by atoms with E-state index < -0.39 is 11.7 Å². The average molecular weight is 467 g/mol. The van der Waals surface area contributed by atoms with Crippen molar-refractivity contribution in [1.82, 2.24) is 4.98 Å². The van der Waals surface area contributed by atoms with Gasteiger partial charge < -0.3 is 9.47 Å². The lowest BCUT2D eigenvalue weighted by Gasteiger charge is -2.28. The summed E-state index contributed by atoms with van der Waals surface area (Å²) in [5, 5.41) is 0.533. The van der Waals surface area contributed by atoms with Crippen molar-refractivity contribution in [3.05, 3.63) is 76.1 Å². The molecule has 0 aliphatic carbocycles. The summed E-state index contributed by atoms with van der Waals surface area (Å²) in [6.45, 7) is 11.7. The normalized spacial score (nSPS) is 11.3. The maximum atomic E-state index is 13.3. The van der Waals surface area contributed by atoms with E-state index in [0.717, 1.165) is 39.3 Å². The van der Waals surface area contributed by atoms with Gasteiger partial charge in [0.2, 0.25) is 0 Å². The van der Waals surface area contributed by atoms with Gasteiger partial charge in [-0.25, -0.2) is 4.79 Å². The predicted octanol–water partition coefficient (Wildman–Crippen LogP) is 7.28. The standard InChI is InChI=1S/C27H31ClN2O3/c1-17-10-8-9-11-23(17)20-12-21(28)14-22(13-20)30(26(31)33-27(4,5)6)16-24-19(3)25(32-7)18(2)15-29-24/h8-15H,16H2,1-7H3. The van der Waals surface area contributed by atoms with Gasteiger partial charge >= 0.3 is 6.09 Å². The zero-order valence-corrected chi connectivity index (χ0v) is 21.1. The Balaban J connectivity index is 2.11. The second kappa shape index (κ2) is 9.84. The van der Waals surface area contributed by atoms with Crippen molar-refractivity contribution < 1.29 is 14.3 Å². The molecule has 0 aliphatic heterocycles. The lowest BCUT2D eigenvalue weighted by atomic mass is 10.00. The van der Waals surface area contributed by atoms with E-state index in [1.165, 1.54) is 0 Å². The SMILES string of the molecule is COc1c(C)cnc(CN(C(=O)OC(C)(C)C)c2cc(Cl)cc(-c3ccccc3C)c2)c1C. The number of ether oxygens (including phenoxy) is 2. The fourth-order valence-electron chi connectivity index (χ4n) is 3.74. The van der Waals surface area contributed by atoms with Gasteiger partial charge in [0.05, 0.1) is 19.3 Å². The van der Waals surface area contributed by atoms with E-state index in [9.17, 15) is 4.79 Å². The molecule has 0 saturated carbocycles. The number of pyridine rings is 1. The van der Waals surface area contributed by atoms with Crippen molar-refractivity contribution in [2.75, 3.05) is 12.0 Å². The molecular weight excluding hydrogens is 436 g/mol. The van der Waals surface area contributed by atoms with Crippen LogP contribution >= 0.6 is 11.6 Å². The Hall–Kier alpha value is -3.05. The van der Waals surface area contributed by atoms with Crippen LogP contribution in [0.1, 0.15) is 43.2 Å². The summed E-state index contributed by atoms with van der Waals surface area (Å²) in [6, 6.07) is 13.7. The number of anilines is 1. The predicted molar refractivity (Wildman–Crippen MR) is 134 cm³/mol. The van der Waals surface area contributed by atoms with Crippen LogP contribution in [0.4, 0.5) is 10.5 Å². The van der Waals surface area contributed by atoms with E-state index in [0.29, 0.717) is 10.7 Å². The molecule has 0 unspecified atom stereocenters. The van der Waals surface area contributed by atoms with Gasteiger partial charge in [0.15, 0.2) is 0 Å². The first kappa shape index (κ1) is 24.6. The summed E-state index contributed by atoms with van der Waals surface area (Å²) in [5.74, 6) is 0.760. The summed E-state index contributed by atoms with van der Waals surface area (Å²) in [5.41, 5.74) is 5.62. The zero-order valence-electron chi connectivity index (χ0n) is 20.3. The van der Waals surface area contributed by atoms with E-state index in [4.69, 9.17) is 21.1 Å². The third-order valence-electron chi connectivity index (χ3n) is 5.32. The fraction of sp³-hybridized carbons (Fsp3) is 0.333. The maximum Gasteiger partial charge on any atom is 0.415 e. The van der Waals surface area contributed by atoms with Crippen LogP contribution < -0.4 is 9.64 Å². The molecule has 0 aliphatic rings. The fourth-order valence-corrected chi connectivity index (χ4v) is 3.97. The van der Waals surface area contributed by atoms with E-state index in [1.54, 1.807) is 24.3 Å². The highest BCUT2D eigenvalue weighted by atomic mass is 35.5. The lowest BCUT2D eigenvalue weighted by Crippen LogP contribution is -2.37. The number of amides is 1. The van der Waals surface area contributed by atoms with Crippen LogP contribution in [0.25, 0.3) is 11.1 Å². The van der Waals surface area contributed by atoms with Crippen molar-refractivity contribution >= 4 is 23.4 Å². The number of aryl methyl sites for hydroxylation is 2. The Morgan fingerprint density at radius 3 is 2.39 bits per heavy atom. The van der Waals surface area contributed by atoms with Gasteiger partial charge in [0.1, 0.15) is 11.4 Å². The molecule has 6 heteroatoms. The molecule has 3 rings (SSSR count). The van der Waals surface area contributed by atoms with Crippen molar-refractivity contribution in [1.29, 1.82) is 0 Å². The van der Waals surface area contributed by atoms with Crippen LogP contribution in [0, 0.1) is 20.8 Å². The molecular formula is C27H31ClN2O3. The van der Waals surface area contributed by atoms with Gasteiger partial charge in [-0.15, -0.1) is 0 Å². The number of rotatable bonds is 5. The van der Waals surface area contributed by atoms with Gasteiger partial charge in [-0.05, 0) is 76.4 Å². The third-order valence-corrected chi connectivity index (χ3v) is 5.54. The van der Waals surface area contributed by atoms with E-state index >= 15 is 0 Å². The first-order valence-corrected chi connectivity index (χ1v) is 11.2. The highest BCUT2D eigenvalue weighted by molar-refractivity contribution is 6.31. The Labute approximate surface area is 201 Å². The van der Waals surface area contributed by atoms with Crippen molar-refractivity contribution in [3.63, 3.8) is 0 Å². The Bertz CT molecular complexity index is 1170. The van der Waals surface area contributed by atoms with Crippen LogP contribution in [0.15, 0.2) is 48.7 Å². The number of methoxy groups -OCH3 is 1. The number of hydrogen-bond acceptors (Lipinski definition) is 4. The maximum absolute atomic E-state index is 13.3. The molecule has 3 aromatic rings. The van der Waals surface area contributed by atoms with E-state index in [-0.39, 0.29) is 6.54 Å². The summed E-state index contributed by atoms with van der Waals surface area (Å²) in [7, 11) is 1.64. The molecule has 1 heterocycles. The van der Waals surface area contributed by atoms with Crippen LogP contribution in [-0.2, 0) is 11.3 Å². The number of carbonyl (C=O) groups is 1. The first-order valence-electron chi connectivity index (χ1n) is 10.9. The zero-order chi connectivity index (χ0) is 24.3. The smallest absolute Gasteiger partial charge is 0.415 e. The highest BCUT2D eigenvalue weighted by Gasteiger charge is 2.26. The highest BCUT2D eigenvalue weighted by Crippen LogP contribution is 2.33. The van der Waals surface area contributed by atoms with Gasteiger partial charge in [-0.1, -0.05) is 35.9 Å². The van der Waals surface area contributed by atoms with E-state index in [2.05, 4.69) is 4.98 Å². The number of halogens is 1. The quantitative estimate of drug-likeness (QED) is 0.396. The summed E-state index contributed by atoms with van der Waals surface area (Å²) in [4.78, 5) is 19.5. The monoisotopic (exact) mass is 466 g/mol. The second-order valence-corrected chi connectivity index (χ2v) is 9.56. The molecule has 33 heavy (non-hydrogen) atoms. The van der Waals surface area contributed by atoms with Crippen LogP contribution in [0.5, 0.6) is 5.75 Å². The van der Waals surface area contributed by atoms with Crippen LogP contribution in [-0.4, -0.2) is 23.8 Å². The topological polar surface area (TPSA) is 51.7 Å². The van der Waals surface area contributed by atoms with Gasteiger partial charge in [-0.2, -0.15) is 0 Å². The van der Waals surface area contributed by atoms with E-state index in [1.807, 2.05) is 77.9 Å². The molecule has 174 valence electrons. The number of hydrogen-bond donors (Lipinski definition) is 0. The summed E-state index contributed by atoms with van der Waals surface area (Å²) in [6.07, 6.45) is 1.28. The summed E-state index contributed by atoms with van der Waals surface area (Å²) >= 11 is 6.52. The second-order valence-electron chi connectivity index (χ2n) is 9.13. The molecule has 1 amide bonds. The third kappa shape index (κ3) is 5.85. The molecule has 1 aromatic heterocycles. The van der Waals surface area contributed by atoms with Crippen molar-refractivity contribution in [2.24, 2.45) is 0 Å². The van der Waals surface area contributed by atoms with Crippen molar-refractivity contribution in [2.45, 2.75) is 53.7 Å². The molecule has 0 spiro atoms. The van der Waals surface area contributed by atoms with Crippen LogP contribution in [0.2, 0.25) is 5.02 Å². The van der Waals surface area contributed by atoms with Crippen LogP contribution in [0.3, 0.4) is 0 Å². The summed E-state index contributed by atoms with van der Waals surface area (Å²) < 4.78 is 11.3. The lowest BCUT2D eigenvalue weighted by molar-refractivity contribution is 0.0577. The first-order chi connectivity index (χ1) is 15.5. The average Bonchev–Trinajstić information content (AvgIpc) is 2.72. The number of benzene rings is 2. The largest absolute Gasteiger partial charge is 0.496 e. The number of carbonyl (C=O) groups excluding carboxylic acids is 1. The molecule has 0 fully saturated rings. The Kier molecular flexibility index (Phi) is 7.33. The molecule has 2 aromatic carbocycles. The Morgan fingerprint density at radius 1 is 1.06 bits per heavy atom. The number of nitrogens with zero attached hydrogens (tertiary/aromatic N) is 2. The Morgan fingerprint density at radius 2 is 1.76 bits per heavy atom. The minimum Gasteiger partial charge on any atom is -0.496 e. The molecule has 0 saturated heterocycles. The minimum atomic E-state index is -0.653. The van der Waals surface area contributed by atoms with Gasteiger partial charge in [-0.3, -0.25) is 9.88 Å². The molecule has 0 bridgehead atoms. The molecule has 0 atom stereocenters. The molecule has 0 N–H and O–H groups in total. The molecule has 5 nitrogen and oxygen atoms in total. The van der Waals surface area contributed by atoms with Gasteiger partial charge in [0, 0.05) is 28.0 Å². The minimum absolute atomic E-state index is 0.213. The number of aromatic nitrogens is 1. The van der Waals surface area contributed by atoms with Crippen molar-refractivity contribution in [3.8, 4) is 16.9 Å². The molecule has 0 radical (unpaired) electrons.